The van der Waals surface area contributed by atoms with Crippen molar-refractivity contribution in [3.05, 3.63) is 53.9 Å². The fourth-order valence-electron chi connectivity index (χ4n) is 3.09. The van der Waals surface area contributed by atoms with Crippen molar-refractivity contribution in [2.75, 3.05) is 19.5 Å². The average Bonchev–Trinajstić information content (AvgIpc) is 3.16. The molecule has 7 heteroatoms. The Kier molecular flexibility index (Phi) is 4.97. The van der Waals surface area contributed by atoms with Gasteiger partial charge in [0, 0.05) is 28.8 Å². The van der Waals surface area contributed by atoms with Crippen LogP contribution in [0.1, 0.15) is 41.4 Å². The van der Waals surface area contributed by atoms with E-state index in [0.29, 0.717) is 40.4 Å². The average molecular weight is 379 g/mol. The largest absolute Gasteiger partial charge is 0.493 e. The fraction of sp³-hybridized carbons (Fsp3) is 0.286. The molecule has 28 heavy (non-hydrogen) atoms. The molecule has 0 bridgehead atoms. The van der Waals surface area contributed by atoms with Crippen LogP contribution in [0.15, 0.2) is 47.0 Å². The fourth-order valence-corrected chi connectivity index (χ4v) is 3.09. The molecule has 7 nitrogen and oxygen atoms in total. The number of nitrogens with one attached hydrogen (secondary N) is 1. The molecule has 3 aromatic rings. The standard InChI is InChI=1S/C21H21N3O4/c1-26-17-10-9-16(12-18(17)27-2)22-20(25)15-8-4-7-14(11-15)19-23-21(28-24-19)13-5-3-6-13/h4,7-13H,3,5-6H2,1-2H3,(H,22,25). The van der Waals surface area contributed by atoms with E-state index in [4.69, 9.17) is 14.0 Å². The Morgan fingerprint density at radius 3 is 2.64 bits per heavy atom. The molecule has 0 atom stereocenters. The van der Waals surface area contributed by atoms with E-state index < -0.39 is 0 Å². The zero-order valence-corrected chi connectivity index (χ0v) is 15.8. The third-order valence-electron chi connectivity index (χ3n) is 4.92. The number of methoxy groups -OCH3 is 2. The summed E-state index contributed by atoms with van der Waals surface area (Å²) in [5, 5.41) is 6.93. The molecule has 0 spiro atoms. The van der Waals surface area contributed by atoms with Crippen LogP contribution in [0.3, 0.4) is 0 Å². The minimum Gasteiger partial charge on any atom is -0.493 e. The van der Waals surface area contributed by atoms with E-state index in [2.05, 4.69) is 15.5 Å². The highest BCUT2D eigenvalue weighted by molar-refractivity contribution is 6.05. The van der Waals surface area contributed by atoms with Crippen molar-refractivity contribution in [3.63, 3.8) is 0 Å². The predicted octanol–water partition coefficient (Wildman–Crippen LogP) is 4.27. The van der Waals surface area contributed by atoms with Gasteiger partial charge in [-0.3, -0.25) is 4.79 Å². The summed E-state index contributed by atoms with van der Waals surface area (Å²) in [5.41, 5.74) is 1.86. The number of rotatable bonds is 6. The maximum atomic E-state index is 12.7. The van der Waals surface area contributed by atoms with Gasteiger partial charge in [-0.15, -0.1) is 0 Å². The first-order valence-corrected chi connectivity index (χ1v) is 9.15. The van der Waals surface area contributed by atoms with Crippen LogP contribution < -0.4 is 14.8 Å². The van der Waals surface area contributed by atoms with Crippen molar-refractivity contribution < 1.29 is 18.8 Å². The number of carbonyl (C=O) groups is 1. The summed E-state index contributed by atoms with van der Waals surface area (Å²) >= 11 is 0. The van der Waals surface area contributed by atoms with Crippen LogP contribution >= 0.6 is 0 Å². The summed E-state index contributed by atoms with van der Waals surface area (Å²) in [6.07, 6.45) is 3.39. The molecule has 1 aliphatic rings. The maximum Gasteiger partial charge on any atom is 0.255 e. The van der Waals surface area contributed by atoms with Gasteiger partial charge in [0.1, 0.15) is 0 Å². The lowest BCUT2D eigenvalue weighted by Gasteiger charge is -2.20. The number of carbonyl (C=O) groups excluding carboxylic acids is 1. The van der Waals surface area contributed by atoms with Gasteiger partial charge >= 0.3 is 0 Å². The second-order valence-electron chi connectivity index (χ2n) is 6.69. The zero-order valence-electron chi connectivity index (χ0n) is 15.8. The summed E-state index contributed by atoms with van der Waals surface area (Å²) in [7, 11) is 3.12. The van der Waals surface area contributed by atoms with E-state index in [-0.39, 0.29) is 5.91 Å². The van der Waals surface area contributed by atoms with Crippen LogP contribution in [0.25, 0.3) is 11.4 Å². The lowest BCUT2D eigenvalue weighted by molar-refractivity contribution is 0.102. The van der Waals surface area contributed by atoms with Gasteiger partial charge in [-0.2, -0.15) is 4.98 Å². The molecule has 1 amide bonds. The third kappa shape index (κ3) is 3.55. The van der Waals surface area contributed by atoms with Gasteiger partial charge in [0.05, 0.1) is 14.2 Å². The Morgan fingerprint density at radius 1 is 1.11 bits per heavy atom. The Balaban J connectivity index is 1.52. The number of benzene rings is 2. The van der Waals surface area contributed by atoms with E-state index in [9.17, 15) is 4.79 Å². The molecule has 0 radical (unpaired) electrons. The van der Waals surface area contributed by atoms with Crippen LogP contribution in [0.5, 0.6) is 11.5 Å². The first kappa shape index (κ1) is 18.0. The van der Waals surface area contributed by atoms with E-state index >= 15 is 0 Å². The number of nitrogens with zero attached hydrogens (tertiary/aromatic N) is 2. The first-order chi connectivity index (χ1) is 13.7. The van der Waals surface area contributed by atoms with Crippen LogP contribution in [-0.4, -0.2) is 30.3 Å². The quantitative estimate of drug-likeness (QED) is 0.688. The van der Waals surface area contributed by atoms with Gasteiger partial charge < -0.3 is 19.3 Å². The van der Waals surface area contributed by atoms with Crippen molar-refractivity contribution in [1.82, 2.24) is 10.1 Å². The Labute approximate surface area is 162 Å². The third-order valence-corrected chi connectivity index (χ3v) is 4.92. The summed E-state index contributed by atoms with van der Waals surface area (Å²) in [6, 6.07) is 12.4. The van der Waals surface area contributed by atoms with E-state index in [1.165, 1.54) is 6.42 Å². The van der Waals surface area contributed by atoms with Crippen molar-refractivity contribution in [2.45, 2.75) is 25.2 Å². The van der Waals surface area contributed by atoms with E-state index in [0.717, 1.165) is 18.4 Å². The predicted molar refractivity (Wildman–Crippen MR) is 104 cm³/mol. The number of hydrogen-bond donors (Lipinski definition) is 1. The highest BCUT2D eigenvalue weighted by Crippen LogP contribution is 2.36. The molecule has 1 N–H and O–H groups in total. The number of aromatic nitrogens is 2. The number of amides is 1. The molecule has 0 aliphatic heterocycles. The minimum absolute atomic E-state index is 0.239. The van der Waals surface area contributed by atoms with Crippen molar-refractivity contribution in [3.8, 4) is 22.9 Å². The molecule has 0 unspecified atom stereocenters. The molecule has 1 fully saturated rings. The van der Waals surface area contributed by atoms with Crippen LogP contribution in [-0.2, 0) is 0 Å². The summed E-state index contributed by atoms with van der Waals surface area (Å²) < 4.78 is 15.9. The van der Waals surface area contributed by atoms with Crippen molar-refractivity contribution >= 4 is 11.6 Å². The molecular weight excluding hydrogens is 358 g/mol. The molecule has 0 saturated heterocycles. The highest BCUT2D eigenvalue weighted by atomic mass is 16.5. The van der Waals surface area contributed by atoms with Crippen LogP contribution in [0.4, 0.5) is 5.69 Å². The first-order valence-electron chi connectivity index (χ1n) is 9.15. The number of ether oxygens (including phenoxy) is 2. The molecule has 1 aliphatic carbocycles. The summed E-state index contributed by atoms with van der Waals surface area (Å²) in [5.74, 6) is 2.46. The topological polar surface area (TPSA) is 86.5 Å². The second kappa shape index (κ2) is 7.72. The Hall–Kier alpha value is -3.35. The molecule has 1 saturated carbocycles. The summed E-state index contributed by atoms with van der Waals surface area (Å²) in [6.45, 7) is 0. The van der Waals surface area contributed by atoms with Gasteiger partial charge in [0.25, 0.3) is 5.91 Å². The minimum atomic E-state index is -0.239. The zero-order chi connectivity index (χ0) is 19.5. The maximum absolute atomic E-state index is 12.7. The monoisotopic (exact) mass is 379 g/mol. The normalized spacial score (nSPS) is 13.6. The van der Waals surface area contributed by atoms with Crippen molar-refractivity contribution in [1.29, 1.82) is 0 Å². The molecule has 4 rings (SSSR count). The molecule has 2 aromatic carbocycles. The Morgan fingerprint density at radius 2 is 1.93 bits per heavy atom. The van der Waals surface area contributed by atoms with E-state index in [1.54, 1.807) is 50.6 Å². The second-order valence-corrected chi connectivity index (χ2v) is 6.69. The SMILES string of the molecule is COc1ccc(NC(=O)c2cccc(-c3noc(C4CCC4)n3)c2)cc1OC. The van der Waals surface area contributed by atoms with Gasteiger partial charge in [-0.25, -0.2) is 0 Å². The van der Waals surface area contributed by atoms with Gasteiger partial charge in [-0.1, -0.05) is 23.7 Å². The molecule has 1 aromatic heterocycles. The van der Waals surface area contributed by atoms with Crippen LogP contribution in [0.2, 0.25) is 0 Å². The molecule has 144 valence electrons. The lowest BCUT2D eigenvalue weighted by atomic mass is 9.85. The highest BCUT2D eigenvalue weighted by Gasteiger charge is 2.25. The lowest BCUT2D eigenvalue weighted by Crippen LogP contribution is -2.12. The number of hydrogen-bond acceptors (Lipinski definition) is 6. The van der Waals surface area contributed by atoms with Gasteiger partial charge in [0.15, 0.2) is 11.5 Å². The molecule has 1 heterocycles. The van der Waals surface area contributed by atoms with Crippen molar-refractivity contribution in [2.24, 2.45) is 0 Å². The van der Waals surface area contributed by atoms with Gasteiger partial charge in [-0.05, 0) is 37.1 Å². The van der Waals surface area contributed by atoms with Crippen LogP contribution in [0, 0.1) is 0 Å². The summed E-state index contributed by atoms with van der Waals surface area (Å²) in [4.78, 5) is 17.2. The molecular formula is C21H21N3O4. The van der Waals surface area contributed by atoms with Gasteiger partial charge in [0.2, 0.25) is 11.7 Å². The van der Waals surface area contributed by atoms with E-state index in [1.807, 2.05) is 6.07 Å². The number of anilines is 1. The smallest absolute Gasteiger partial charge is 0.255 e. The Bertz CT molecular complexity index is 995.